The average Bonchev–Trinajstić information content (AvgIpc) is 3.75. The monoisotopic (exact) mass is 776 g/mol. The van der Waals surface area contributed by atoms with E-state index in [1.807, 2.05) is 78.9 Å². The molecule has 1 unspecified atom stereocenters. The maximum atomic E-state index is 16.5. The van der Waals surface area contributed by atoms with Crippen LogP contribution in [-0.2, 0) is 4.57 Å². The van der Waals surface area contributed by atoms with E-state index in [1.54, 1.807) is 23.5 Å². The van der Waals surface area contributed by atoms with E-state index in [2.05, 4.69) is 106 Å². The summed E-state index contributed by atoms with van der Waals surface area (Å²) in [5.41, 5.74) is 5.00. The molecule has 8 heteroatoms. The van der Waals surface area contributed by atoms with Crippen LogP contribution in [0.5, 0.6) is 23.0 Å². The van der Waals surface area contributed by atoms with Gasteiger partial charge in [-0.15, -0.1) is 0 Å². The van der Waals surface area contributed by atoms with Gasteiger partial charge in [-0.05, 0) is 97.1 Å². The molecule has 1 atom stereocenters. The number of rotatable bonds is 4. The molecular weight excluding hydrogens is 748 g/mol. The Morgan fingerprint density at radius 1 is 0.393 bits per heavy atom. The third kappa shape index (κ3) is 4.69. The minimum absolute atomic E-state index is 0.751. The van der Waals surface area contributed by atoms with Crippen LogP contribution in [0, 0.1) is 0 Å². The smallest absolute Gasteiger partial charge is 0.234 e. The number of fused-ring (bicyclic) bond motifs is 10. The first kappa shape index (κ1) is 32.2. The molecule has 0 bridgehead atoms. The van der Waals surface area contributed by atoms with Crippen LogP contribution in [0.4, 0.5) is 0 Å². The zero-order valence-electron chi connectivity index (χ0n) is 29.6. The standard InChI is InChI=1S/C48H29N2O3PS2/c51-54(31-12-2-1-3-13-31,50-38-17-7-5-15-34(38)36-27-44-48(29-40(36)50)56-46-21-11-9-19-42(46)53-44)32-24-22-30(23-25-32)49-37-16-6-4-14-33(37)35-26-43-47(28-39(35)49)55-45-20-10-8-18-41(45)52-43/h1-29H. The lowest BCUT2D eigenvalue weighted by atomic mass is 10.1. The van der Waals surface area contributed by atoms with E-state index in [1.165, 1.54) is 0 Å². The normalized spacial score (nSPS) is 14.1. The minimum atomic E-state index is -3.52. The Bertz CT molecular complexity index is 3300. The summed E-state index contributed by atoms with van der Waals surface area (Å²) in [4.78, 5) is 4.23. The van der Waals surface area contributed by atoms with Crippen molar-refractivity contribution in [3.8, 4) is 28.7 Å². The number of nitrogens with zero attached hydrogens (tertiary/aromatic N) is 2. The molecule has 0 N–H and O–H groups in total. The maximum Gasteiger partial charge on any atom is 0.234 e. The summed E-state index contributed by atoms with van der Waals surface area (Å²) in [5.74, 6) is 3.41. The van der Waals surface area contributed by atoms with Crippen LogP contribution in [0.2, 0.25) is 0 Å². The summed E-state index contributed by atoms with van der Waals surface area (Å²) in [7, 11) is -3.52. The summed E-state index contributed by atoms with van der Waals surface area (Å²) in [6, 6.07) is 60.0. The van der Waals surface area contributed by atoms with Gasteiger partial charge in [0.2, 0.25) is 7.29 Å². The van der Waals surface area contributed by atoms with Crippen LogP contribution in [-0.4, -0.2) is 8.90 Å². The van der Waals surface area contributed by atoms with Gasteiger partial charge in [0.05, 0.1) is 41.6 Å². The third-order valence-corrected chi connectivity index (χ3v) is 16.1. The molecule has 10 aromatic rings. The molecule has 5 nitrogen and oxygen atoms in total. The fourth-order valence-electron chi connectivity index (χ4n) is 8.36. The first-order chi connectivity index (χ1) is 27.6. The van der Waals surface area contributed by atoms with E-state index < -0.39 is 7.29 Å². The highest BCUT2D eigenvalue weighted by atomic mass is 32.2. The summed E-state index contributed by atoms with van der Waals surface area (Å²) in [6.07, 6.45) is 0. The van der Waals surface area contributed by atoms with Crippen molar-refractivity contribution < 1.29 is 14.0 Å². The molecule has 2 aliphatic heterocycles. The predicted octanol–water partition coefficient (Wildman–Crippen LogP) is 13.2. The summed E-state index contributed by atoms with van der Waals surface area (Å²) < 4.78 is 33.7. The van der Waals surface area contributed by atoms with Gasteiger partial charge in [0.15, 0.2) is 0 Å². The van der Waals surface area contributed by atoms with Crippen LogP contribution >= 0.6 is 30.8 Å². The highest BCUT2D eigenvalue weighted by Gasteiger charge is 2.34. The van der Waals surface area contributed by atoms with Crippen molar-refractivity contribution in [3.05, 3.63) is 176 Å². The molecule has 4 heterocycles. The molecule has 12 rings (SSSR count). The number of hydrogen-bond donors (Lipinski definition) is 0. The van der Waals surface area contributed by atoms with Gasteiger partial charge in [0.1, 0.15) is 23.0 Å². The van der Waals surface area contributed by atoms with Gasteiger partial charge in [0.25, 0.3) is 0 Å². The van der Waals surface area contributed by atoms with E-state index in [9.17, 15) is 0 Å². The van der Waals surface area contributed by atoms with Crippen LogP contribution in [0.25, 0.3) is 49.3 Å². The molecule has 0 amide bonds. The summed E-state index contributed by atoms with van der Waals surface area (Å²) in [5, 5.41) is 5.82. The van der Waals surface area contributed by atoms with Crippen molar-refractivity contribution in [3.63, 3.8) is 0 Å². The van der Waals surface area contributed by atoms with Gasteiger partial charge in [-0.2, -0.15) is 0 Å². The fourth-order valence-corrected chi connectivity index (χ4v) is 13.1. The second kappa shape index (κ2) is 12.2. The molecule has 2 aromatic heterocycles. The first-order valence-electron chi connectivity index (χ1n) is 18.4. The third-order valence-electron chi connectivity index (χ3n) is 10.9. The molecule has 0 saturated heterocycles. The SMILES string of the molecule is O=P(c1ccccc1)(c1ccc(-n2c3ccccc3c3cc4c(cc32)Sc2ccccc2O4)cc1)n1c2ccccc2c2cc3c(cc21)Sc1ccccc1O3. The molecule has 0 aliphatic carbocycles. The molecule has 0 saturated carbocycles. The van der Waals surface area contributed by atoms with Crippen molar-refractivity contribution >= 4 is 85.0 Å². The number of aromatic nitrogens is 2. The molecule has 2 aliphatic rings. The summed E-state index contributed by atoms with van der Waals surface area (Å²) in [6.45, 7) is 0. The quantitative estimate of drug-likeness (QED) is 0.167. The number of hydrogen-bond acceptors (Lipinski definition) is 5. The zero-order chi connectivity index (χ0) is 37.0. The molecule has 0 radical (unpaired) electrons. The summed E-state index contributed by atoms with van der Waals surface area (Å²) >= 11 is 3.42. The van der Waals surface area contributed by atoms with Crippen molar-refractivity contribution in [1.29, 1.82) is 0 Å². The van der Waals surface area contributed by atoms with Crippen LogP contribution < -0.4 is 20.1 Å². The fraction of sp³-hybridized carbons (Fsp3) is 0. The largest absolute Gasteiger partial charge is 0.455 e. The molecule has 56 heavy (non-hydrogen) atoms. The van der Waals surface area contributed by atoms with E-state index in [0.29, 0.717) is 0 Å². The van der Waals surface area contributed by atoms with Gasteiger partial charge >= 0.3 is 0 Å². The highest BCUT2D eigenvalue weighted by Crippen LogP contribution is 2.55. The molecule has 0 fully saturated rings. The Hall–Kier alpha value is -6.11. The van der Waals surface area contributed by atoms with Crippen molar-refractivity contribution in [2.75, 3.05) is 0 Å². The van der Waals surface area contributed by atoms with E-state index in [4.69, 9.17) is 9.47 Å². The van der Waals surface area contributed by atoms with Gasteiger partial charge < -0.3 is 14.0 Å². The van der Waals surface area contributed by atoms with Crippen molar-refractivity contribution in [1.82, 2.24) is 8.90 Å². The molecule has 8 aromatic carbocycles. The number of benzene rings is 8. The Morgan fingerprint density at radius 3 is 1.55 bits per heavy atom. The predicted molar refractivity (Wildman–Crippen MR) is 230 cm³/mol. The number of ether oxygens (including phenoxy) is 2. The average molecular weight is 777 g/mol. The Kier molecular flexibility index (Phi) is 7.00. The van der Waals surface area contributed by atoms with Crippen LogP contribution in [0.1, 0.15) is 0 Å². The Balaban J connectivity index is 1.05. The topological polar surface area (TPSA) is 45.4 Å². The van der Waals surface area contributed by atoms with E-state index in [-0.39, 0.29) is 0 Å². The zero-order valence-corrected chi connectivity index (χ0v) is 32.2. The van der Waals surface area contributed by atoms with Crippen LogP contribution in [0.15, 0.2) is 196 Å². The number of para-hydroxylation sites is 4. The lowest BCUT2D eigenvalue weighted by Crippen LogP contribution is -2.21. The van der Waals surface area contributed by atoms with Gasteiger partial charge in [-0.3, -0.25) is 8.90 Å². The van der Waals surface area contributed by atoms with Crippen molar-refractivity contribution in [2.45, 2.75) is 19.6 Å². The highest BCUT2D eigenvalue weighted by molar-refractivity contribution is 8.00. The Labute approximate surface area is 330 Å². The molecule has 0 spiro atoms. The minimum Gasteiger partial charge on any atom is -0.455 e. The second-order valence-electron chi connectivity index (χ2n) is 14.0. The Morgan fingerprint density at radius 2 is 0.893 bits per heavy atom. The molecule has 266 valence electrons. The van der Waals surface area contributed by atoms with Gasteiger partial charge in [0, 0.05) is 37.8 Å². The second-order valence-corrected chi connectivity index (χ2v) is 18.8. The molecular formula is C48H29N2O3PS2. The van der Waals surface area contributed by atoms with E-state index >= 15 is 4.57 Å². The lowest BCUT2D eigenvalue weighted by molar-refractivity contribution is 0.455. The van der Waals surface area contributed by atoms with Crippen molar-refractivity contribution in [2.24, 2.45) is 0 Å². The van der Waals surface area contributed by atoms with E-state index in [0.717, 1.165) is 102 Å². The lowest BCUT2D eigenvalue weighted by Gasteiger charge is -2.24. The van der Waals surface area contributed by atoms with Gasteiger partial charge in [-0.1, -0.05) is 102 Å². The maximum absolute atomic E-state index is 16.5. The van der Waals surface area contributed by atoms with Gasteiger partial charge in [-0.25, -0.2) is 0 Å². The van der Waals surface area contributed by atoms with Crippen LogP contribution in [0.3, 0.4) is 0 Å². The first-order valence-corrected chi connectivity index (χ1v) is 21.7.